The maximum atomic E-state index is 11.7. The lowest BCUT2D eigenvalue weighted by Crippen LogP contribution is -2.33. The fraction of sp³-hybridized carbons (Fsp3) is 0.562. The van der Waals surface area contributed by atoms with Crippen LogP contribution in [0.25, 0.3) is 0 Å². The lowest BCUT2D eigenvalue weighted by Gasteiger charge is -2.14. The van der Waals surface area contributed by atoms with Crippen LogP contribution in [-0.2, 0) is 14.8 Å². The molecular formula is C16H24N6O4S2. The van der Waals surface area contributed by atoms with Gasteiger partial charge in [-0.15, -0.1) is 0 Å². The van der Waals surface area contributed by atoms with Gasteiger partial charge in [-0.2, -0.15) is 5.10 Å². The second-order valence-electron chi connectivity index (χ2n) is 7.07. The number of anilines is 3. The van der Waals surface area contributed by atoms with Gasteiger partial charge in [-0.1, -0.05) is 11.3 Å². The van der Waals surface area contributed by atoms with Gasteiger partial charge in [0.1, 0.15) is 11.1 Å². The summed E-state index contributed by atoms with van der Waals surface area (Å²) < 4.78 is 30.4. The van der Waals surface area contributed by atoms with Crippen molar-refractivity contribution in [2.24, 2.45) is 0 Å². The number of amides is 1. The normalized spacial score (nSPS) is 19.6. The summed E-state index contributed by atoms with van der Waals surface area (Å²) in [4.78, 5) is 15.9. The fourth-order valence-corrected chi connectivity index (χ4v) is 4.65. The smallest absolute Gasteiger partial charge is 0.407 e. The van der Waals surface area contributed by atoms with Gasteiger partial charge < -0.3 is 15.4 Å². The molecule has 10 nitrogen and oxygen atoms in total. The third-order valence-corrected chi connectivity index (χ3v) is 5.68. The first-order valence-corrected chi connectivity index (χ1v) is 11.6. The number of alkyl carbamates (subject to hydrolysis) is 1. The zero-order chi connectivity index (χ0) is 20.3. The van der Waals surface area contributed by atoms with Crippen LogP contribution >= 0.6 is 11.3 Å². The Bertz CT molecular complexity index is 923. The van der Waals surface area contributed by atoms with Crippen molar-refractivity contribution < 1.29 is 17.9 Å². The number of ether oxygens (including phenoxy) is 1. The summed E-state index contributed by atoms with van der Waals surface area (Å²) >= 11 is 1.18. The molecule has 12 heteroatoms. The van der Waals surface area contributed by atoms with Crippen molar-refractivity contribution in [3.63, 3.8) is 0 Å². The van der Waals surface area contributed by atoms with Crippen LogP contribution in [0.4, 0.5) is 20.7 Å². The minimum atomic E-state index is -3.33. The largest absolute Gasteiger partial charge is 0.446 e. The zero-order valence-electron chi connectivity index (χ0n) is 15.9. The van der Waals surface area contributed by atoms with Crippen molar-refractivity contribution in [2.45, 2.75) is 51.2 Å². The predicted molar refractivity (Wildman–Crippen MR) is 108 cm³/mol. The molecule has 0 radical (unpaired) electrons. The van der Waals surface area contributed by atoms with Crippen molar-refractivity contribution in [1.29, 1.82) is 0 Å². The Morgan fingerprint density at radius 1 is 1.39 bits per heavy atom. The van der Waals surface area contributed by atoms with E-state index in [9.17, 15) is 13.2 Å². The van der Waals surface area contributed by atoms with E-state index in [0.717, 1.165) is 31.2 Å². The molecule has 28 heavy (non-hydrogen) atoms. The summed E-state index contributed by atoms with van der Waals surface area (Å²) in [6, 6.07) is 1.94. The molecule has 1 amide bonds. The maximum absolute atomic E-state index is 11.7. The summed E-state index contributed by atoms with van der Waals surface area (Å²) in [6.07, 6.45) is 4.51. The molecule has 1 fully saturated rings. The van der Waals surface area contributed by atoms with Gasteiger partial charge in [-0.05, 0) is 33.1 Å². The number of sulfonamides is 1. The standard InChI is InChI=1S/C16H24N6O4S2/c1-9(2)18-16(23)26-11-5-4-10(6-11)12-7-13(21-20-12)19-15-17-8-14(27-15)22-28(3,24)25/h7-11,22H,4-6H2,1-3H3,(H,18,23)(H2,17,19,20,21)/t10-,11+/m1/s1. The van der Waals surface area contributed by atoms with Gasteiger partial charge in [-0.25, -0.2) is 18.2 Å². The van der Waals surface area contributed by atoms with Crippen LogP contribution in [-0.4, -0.2) is 48.1 Å². The van der Waals surface area contributed by atoms with E-state index in [-0.39, 0.29) is 24.2 Å². The van der Waals surface area contributed by atoms with E-state index in [1.165, 1.54) is 17.5 Å². The van der Waals surface area contributed by atoms with E-state index >= 15 is 0 Å². The van der Waals surface area contributed by atoms with Crippen LogP contribution in [0.3, 0.4) is 0 Å². The topological polar surface area (TPSA) is 138 Å². The van der Waals surface area contributed by atoms with Gasteiger partial charge >= 0.3 is 6.09 Å². The van der Waals surface area contributed by atoms with Crippen molar-refractivity contribution >= 4 is 43.4 Å². The Morgan fingerprint density at radius 3 is 2.89 bits per heavy atom. The SMILES string of the molecule is CC(C)NC(=O)O[C@H]1CC[C@@H](c2cc(Nc3ncc(NS(C)(=O)=O)s3)n[nH]2)C1. The van der Waals surface area contributed by atoms with Gasteiger partial charge in [0.25, 0.3) is 0 Å². The maximum Gasteiger partial charge on any atom is 0.407 e. The first-order valence-electron chi connectivity index (χ1n) is 8.91. The monoisotopic (exact) mass is 428 g/mol. The van der Waals surface area contributed by atoms with Crippen molar-refractivity contribution in [3.05, 3.63) is 18.0 Å². The van der Waals surface area contributed by atoms with Gasteiger partial charge in [0, 0.05) is 23.7 Å². The average Bonchev–Trinajstić information content (AvgIpc) is 3.27. The highest BCUT2D eigenvalue weighted by molar-refractivity contribution is 7.92. The second kappa shape index (κ2) is 8.35. The van der Waals surface area contributed by atoms with Gasteiger partial charge in [0.05, 0.1) is 12.5 Å². The predicted octanol–water partition coefficient (Wildman–Crippen LogP) is 2.75. The van der Waals surface area contributed by atoms with E-state index in [2.05, 4.69) is 30.5 Å². The zero-order valence-corrected chi connectivity index (χ0v) is 17.5. The van der Waals surface area contributed by atoms with Crippen LogP contribution < -0.4 is 15.4 Å². The first kappa shape index (κ1) is 20.4. The van der Waals surface area contributed by atoms with Crippen LogP contribution in [0.5, 0.6) is 0 Å². The number of hydrogen-bond donors (Lipinski definition) is 4. The first-order chi connectivity index (χ1) is 13.2. The Balaban J connectivity index is 1.54. The number of hydrogen-bond acceptors (Lipinski definition) is 8. The molecule has 1 aliphatic carbocycles. The molecule has 0 aromatic carbocycles. The molecule has 2 heterocycles. The van der Waals surface area contributed by atoms with Crippen LogP contribution in [0.1, 0.15) is 44.7 Å². The average molecular weight is 429 g/mol. The molecule has 1 saturated carbocycles. The number of nitrogens with one attached hydrogen (secondary N) is 4. The molecule has 2 atom stereocenters. The Hall–Kier alpha value is -2.34. The quantitative estimate of drug-likeness (QED) is 0.532. The number of thiazole rings is 1. The summed E-state index contributed by atoms with van der Waals surface area (Å²) in [6.45, 7) is 3.78. The molecule has 2 aromatic heterocycles. The Kier molecular flexibility index (Phi) is 6.08. The summed E-state index contributed by atoms with van der Waals surface area (Å²) in [7, 11) is -3.33. The number of H-pyrrole nitrogens is 1. The lowest BCUT2D eigenvalue weighted by molar-refractivity contribution is 0.0981. The summed E-state index contributed by atoms with van der Waals surface area (Å²) in [5.41, 5.74) is 0.962. The molecular weight excluding hydrogens is 404 g/mol. The third-order valence-electron chi connectivity index (χ3n) is 4.13. The molecule has 0 aliphatic heterocycles. The number of carbonyl (C=O) groups is 1. The van der Waals surface area contributed by atoms with Crippen molar-refractivity contribution in [3.8, 4) is 0 Å². The van der Waals surface area contributed by atoms with Gasteiger partial charge in [-0.3, -0.25) is 9.82 Å². The molecule has 0 unspecified atom stereocenters. The fourth-order valence-electron chi connectivity index (χ4n) is 3.03. The molecule has 2 aromatic rings. The highest BCUT2D eigenvalue weighted by Gasteiger charge is 2.30. The second-order valence-corrected chi connectivity index (χ2v) is 9.85. The number of nitrogens with zero attached hydrogens (tertiary/aromatic N) is 2. The number of carbonyl (C=O) groups excluding carboxylic acids is 1. The molecule has 154 valence electrons. The van der Waals surface area contributed by atoms with Crippen molar-refractivity contribution in [1.82, 2.24) is 20.5 Å². The molecule has 0 spiro atoms. The van der Waals surface area contributed by atoms with Crippen LogP contribution in [0.2, 0.25) is 0 Å². The summed E-state index contributed by atoms with van der Waals surface area (Å²) in [5.74, 6) is 0.829. The summed E-state index contributed by atoms with van der Waals surface area (Å²) in [5, 5.41) is 14.0. The van der Waals surface area contributed by atoms with Crippen molar-refractivity contribution in [2.75, 3.05) is 16.3 Å². The van der Waals surface area contributed by atoms with E-state index in [4.69, 9.17) is 4.74 Å². The minimum Gasteiger partial charge on any atom is -0.446 e. The van der Waals surface area contributed by atoms with Gasteiger partial charge in [0.15, 0.2) is 10.9 Å². The molecule has 1 aliphatic rings. The van der Waals surface area contributed by atoms with E-state index in [1.807, 2.05) is 19.9 Å². The highest BCUT2D eigenvalue weighted by atomic mass is 32.2. The van der Waals surface area contributed by atoms with Gasteiger partial charge in [0.2, 0.25) is 10.0 Å². The highest BCUT2D eigenvalue weighted by Crippen LogP contribution is 2.36. The molecule has 4 N–H and O–H groups in total. The van der Waals surface area contributed by atoms with E-state index in [0.29, 0.717) is 16.0 Å². The number of rotatable bonds is 7. The molecule has 0 saturated heterocycles. The molecule has 0 bridgehead atoms. The Morgan fingerprint density at radius 2 is 2.18 bits per heavy atom. The lowest BCUT2D eigenvalue weighted by atomic mass is 10.0. The molecule has 3 rings (SSSR count). The Labute approximate surface area is 167 Å². The number of aromatic nitrogens is 3. The van der Waals surface area contributed by atoms with E-state index < -0.39 is 10.0 Å². The van der Waals surface area contributed by atoms with Crippen LogP contribution in [0, 0.1) is 0 Å². The number of aromatic amines is 1. The third kappa shape index (κ3) is 5.83. The van der Waals surface area contributed by atoms with Crippen LogP contribution in [0.15, 0.2) is 12.3 Å². The minimum absolute atomic E-state index is 0.0463. The van der Waals surface area contributed by atoms with E-state index in [1.54, 1.807) is 0 Å².